The standard InChI is InChI=1S/C11H16N2/c12-11-6-7-13(9-11)8-10-4-2-1-3-5-10/h1-5,11H,6-9,12H2/p+2/t11-/m1/s1. The van der Waals surface area contributed by atoms with Gasteiger partial charge in [-0.2, -0.15) is 0 Å². The van der Waals surface area contributed by atoms with Gasteiger partial charge >= 0.3 is 0 Å². The van der Waals surface area contributed by atoms with Crippen molar-refractivity contribution in [1.82, 2.24) is 0 Å². The van der Waals surface area contributed by atoms with Gasteiger partial charge in [0.1, 0.15) is 19.1 Å². The normalized spacial score (nSPS) is 27.8. The predicted octanol–water partition coefficient (Wildman–Crippen LogP) is -0.914. The molecule has 70 valence electrons. The summed E-state index contributed by atoms with van der Waals surface area (Å²) in [5, 5.41) is 0. The predicted molar refractivity (Wildman–Crippen MR) is 52.1 cm³/mol. The van der Waals surface area contributed by atoms with Crippen LogP contribution in [0.25, 0.3) is 0 Å². The second kappa shape index (κ2) is 3.90. The number of nitrogens with one attached hydrogen (secondary N) is 1. The van der Waals surface area contributed by atoms with Gasteiger partial charge in [-0.1, -0.05) is 30.3 Å². The molecule has 2 nitrogen and oxygen atoms in total. The molecule has 0 aliphatic carbocycles. The summed E-state index contributed by atoms with van der Waals surface area (Å²) in [5.74, 6) is 0. The van der Waals surface area contributed by atoms with Crippen molar-refractivity contribution in [2.45, 2.75) is 19.0 Å². The highest BCUT2D eigenvalue weighted by Gasteiger charge is 2.25. The summed E-state index contributed by atoms with van der Waals surface area (Å²) in [7, 11) is 0. The lowest BCUT2D eigenvalue weighted by atomic mass is 10.2. The number of hydrogen-bond donors (Lipinski definition) is 2. The molecule has 1 aliphatic rings. The van der Waals surface area contributed by atoms with E-state index in [0.29, 0.717) is 6.04 Å². The molecule has 13 heavy (non-hydrogen) atoms. The molecule has 0 amide bonds. The van der Waals surface area contributed by atoms with Crippen LogP contribution in [0.4, 0.5) is 0 Å². The molecule has 0 bridgehead atoms. The first-order valence-corrected chi connectivity index (χ1v) is 5.05. The minimum absolute atomic E-state index is 0.679. The van der Waals surface area contributed by atoms with Gasteiger partial charge in [0.05, 0.1) is 13.0 Å². The Morgan fingerprint density at radius 2 is 2.08 bits per heavy atom. The van der Waals surface area contributed by atoms with Crippen LogP contribution in [0.3, 0.4) is 0 Å². The summed E-state index contributed by atoms with van der Waals surface area (Å²) in [6.07, 6.45) is 1.29. The average Bonchev–Trinajstić information content (AvgIpc) is 2.53. The van der Waals surface area contributed by atoms with Crippen LogP contribution in [0.2, 0.25) is 0 Å². The Kier molecular flexibility index (Phi) is 2.62. The van der Waals surface area contributed by atoms with Crippen LogP contribution in [0.15, 0.2) is 30.3 Å². The molecule has 0 saturated carbocycles. The summed E-state index contributed by atoms with van der Waals surface area (Å²) in [6.45, 7) is 3.71. The highest BCUT2D eigenvalue weighted by Crippen LogP contribution is 1.96. The van der Waals surface area contributed by atoms with Crippen LogP contribution in [-0.4, -0.2) is 19.1 Å². The second-order valence-corrected chi connectivity index (χ2v) is 4.02. The lowest BCUT2D eigenvalue weighted by Crippen LogP contribution is -3.09. The number of likely N-dealkylation sites (tertiary alicyclic amines) is 1. The molecular weight excluding hydrogens is 160 g/mol. The van der Waals surface area contributed by atoms with Crippen molar-refractivity contribution in [3.05, 3.63) is 35.9 Å². The quantitative estimate of drug-likeness (QED) is 0.587. The molecule has 2 rings (SSSR count). The minimum atomic E-state index is 0.679. The summed E-state index contributed by atoms with van der Waals surface area (Å²) >= 11 is 0. The minimum Gasteiger partial charge on any atom is -0.350 e. The van der Waals surface area contributed by atoms with Crippen molar-refractivity contribution in [3.8, 4) is 0 Å². The topological polar surface area (TPSA) is 32.1 Å². The first-order valence-electron chi connectivity index (χ1n) is 5.05. The Morgan fingerprint density at radius 3 is 2.69 bits per heavy atom. The van der Waals surface area contributed by atoms with Crippen LogP contribution in [0.1, 0.15) is 12.0 Å². The zero-order valence-corrected chi connectivity index (χ0v) is 8.00. The summed E-state index contributed by atoms with van der Waals surface area (Å²) in [4.78, 5) is 1.69. The lowest BCUT2D eigenvalue weighted by Gasteiger charge is -2.11. The van der Waals surface area contributed by atoms with E-state index < -0.39 is 0 Å². The molecule has 2 atom stereocenters. The molecule has 1 aromatic carbocycles. The highest BCUT2D eigenvalue weighted by atomic mass is 15.2. The molecule has 0 aromatic heterocycles. The lowest BCUT2D eigenvalue weighted by molar-refractivity contribution is -0.905. The Morgan fingerprint density at radius 1 is 1.31 bits per heavy atom. The van der Waals surface area contributed by atoms with E-state index in [1.165, 1.54) is 31.6 Å². The van der Waals surface area contributed by atoms with Crippen LogP contribution in [0, 0.1) is 0 Å². The third-order valence-corrected chi connectivity index (χ3v) is 2.78. The molecule has 1 aliphatic heterocycles. The molecule has 1 heterocycles. The summed E-state index contributed by atoms with van der Waals surface area (Å²) in [6, 6.07) is 11.4. The molecular formula is C11H18N2+2. The van der Waals surface area contributed by atoms with E-state index in [4.69, 9.17) is 0 Å². The molecule has 1 saturated heterocycles. The van der Waals surface area contributed by atoms with E-state index in [-0.39, 0.29) is 0 Å². The summed E-state index contributed by atoms with van der Waals surface area (Å²) < 4.78 is 0. The van der Waals surface area contributed by atoms with Crippen molar-refractivity contribution < 1.29 is 10.6 Å². The number of quaternary nitrogens is 2. The van der Waals surface area contributed by atoms with Gasteiger partial charge in [-0.25, -0.2) is 0 Å². The Hall–Kier alpha value is -0.860. The number of benzene rings is 1. The van der Waals surface area contributed by atoms with E-state index in [1.807, 2.05) is 0 Å². The van der Waals surface area contributed by atoms with Gasteiger partial charge in [-0.15, -0.1) is 0 Å². The van der Waals surface area contributed by atoms with Gasteiger partial charge in [-0.05, 0) is 0 Å². The molecule has 1 aromatic rings. The van der Waals surface area contributed by atoms with Crippen molar-refractivity contribution >= 4 is 0 Å². The van der Waals surface area contributed by atoms with Gasteiger partial charge in [0.15, 0.2) is 0 Å². The van der Waals surface area contributed by atoms with E-state index >= 15 is 0 Å². The Bertz CT molecular complexity index is 258. The average molecular weight is 178 g/mol. The SMILES string of the molecule is [NH3+][C@@H]1CC[NH+](Cc2ccccc2)C1. The maximum atomic E-state index is 4.11. The van der Waals surface area contributed by atoms with Crippen molar-refractivity contribution in [2.75, 3.05) is 13.1 Å². The van der Waals surface area contributed by atoms with Crippen molar-refractivity contribution in [1.29, 1.82) is 0 Å². The Labute approximate surface area is 79.4 Å². The van der Waals surface area contributed by atoms with Crippen LogP contribution < -0.4 is 10.6 Å². The van der Waals surface area contributed by atoms with Gasteiger partial charge in [0.2, 0.25) is 0 Å². The third kappa shape index (κ3) is 2.29. The zero-order valence-electron chi connectivity index (χ0n) is 8.00. The van der Waals surface area contributed by atoms with Crippen LogP contribution >= 0.6 is 0 Å². The molecule has 4 N–H and O–H groups in total. The van der Waals surface area contributed by atoms with Crippen molar-refractivity contribution in [3.63, 3.8) is 0 Å². The number of rotatable bonds is 2. The molecule has 2 heteroatoms. The van der Waals surface area contributed by atoms with E-state index in [9.17, 15) is 0 Å². The van der Waals surface area contributed by atoms with Crippen molar-refractivity contribution in [2.24, 2.45) is 0 Å². The zero-order chi connectivity index (χ0) is 9.10. The largest absolute Gasteiger partial charge is 0.350 e. The van der Waals surface area contributed by atoms with Gasteiger partial charge < -0.3 is 10.6 Å². The summed E-state index contributed by atoms with van der Waals surface area (Å²) in [5.41, 5.74) is 5.56. The monoisotopic (exact) mass is 178 g/mol. The van der Waals surface area contributed by atoms with Gasteiger partial charge in [0.25, 0.3) is 0 Å². The second-order valence-electron chi connectivity index (χ2n) is 4.02. The third-order valence-electron chi connectivity index (χ3n) is 2.78. The van der Waals surface area contributed by atoms with Crippen LogP contribution in [-0.2, 0) is 6.54 Å². The molecule has 0 radical (unpaired) electrons. The molecule has 1 unspecified atom stereocenters. The molecule has 1 fully saturated rings. The maximum Gasteiger partial charge on any atom is 0.139 e. The van der Waals surface area contributed by atoms with E-state index in [0.717, 1.165) is 0 Å². The molecule has 0 spiro atoms. The highest BCUT2D eigenvalue weighted by molar-refractivity contribution is 5.13. The fourth-order valence-electron chi connectivity index (χ4n) is 2.07. The van der Waals surface area contributed by atoms with Gasteiger partial charge in [-0.3, -0.25) is 0 Å². The van der Waals surface area contributed by atoms with E-state index in [2.05, 4.69) is 36.1 Å². The van der Waals surface area contributed by atoms with Crippen LogP contribution in [0.5, 0.6) is 0 Å². The first-order chi connectivity index (χ1) is 6.34. The maximum absolute atomic E-state index is 4.11. The number of hydrogen-bond acceptors (Lipinski definition) is 0. The van der Waals surface area contributed by atoms with E-state index in [1.54, 1.807) is 4.90 Å². The fourth-order valence-corrected chi connectivity index (χ4v) is 2.07. The van der Waals surface area contributed by atoms with Gasteiger partial charge in [0, 0.05) is 5.56 Å². The first kappa shape index (κ1) is 8.73. The Balaban J connectivity index is 1.92. The fraction of sp³-hybridized carbons (Fsp3) is 0.455. The smallest absolute Gasteiger partial charge is 0.139 e.